The second kappa shape index (κ2) is 18.9. The summed E-state index contributed by atoms with van der Waals surface area (Å²) in [7, 11) is 0.628. The number of anilines is 1. The molecule has 3 heterocycles. The Hall–Kier alpha value is 1.26. The Morgan fingerprint density at radius 3 is 2.14 bits per heavy atom. The Morgan fingerprint density at radius 1 is 1.00 bits per heavy atom. The first kappa shape index (κ1) is 38.1. The van der Waals surface area contributed by atoms with Crippen molar-refractivity contribution in [1.29, 1.82) is 0 Å². The normalized spacial score (nSPS) is 13.7. The summed E-state index contributed by atoms with van der Waals surface area (Å²) in [5.41, 5.74) is 0.482. The fourth-order valence-electron chi connectivity index (χ4n) is 4.30. The van der Waals surface area contributed by atoms with Gasteiger partial charge in [-0.05, 0) is 44.7 Å². The van der Waals surface area contributed by atoms with Crippen molar-refractivity contribution < 1.29 is 28.7 Å². The molecule has 3 aromatic heterocycles. The number of H-pyrrole nitrogens is 1. The molecule has 2 aliphatic carbocycles. The van der Waals surface area contributed by atoms with Crippen LogP contribution in [-0.2, 0) is 23.9 Å². The molecule has 0 spiro atoms. The molecule has 0 bridgehead atoms. The second-order valence-corrected chi connectivity index (χ2v) is 58.8. The van der Waals surface area contributed by atoms with E-state index in [2.05, 4.69) is 115 Å². The number of nitrogens with one attached hydrogen (secondary N) is 2. The van der Waals surface area contributed by atoms with E-state index < -0.39 is 0 Å². The molecule has 44 heavy (non-hydrogen) atoms. The number of carbonyl (C=O) groups is 2. The molecule has 2 saturated carbocycles. The molecule has 2 fully saturated rings. The SMILES string of the molecule is CCOC(=O)c1c(NC(=O)C2CC2)sc2ccccc12.O=c1[nH]c(C2CC2)nc2sc3ccccc3c12.[I][V]([I])[I].[I][V][I]. The van der Waals surface area contributed by atoms with Crippen molar-refractivity contribution in [2.24, 2.45) is 5.92 Å². The summed E-state index contributed by atoms with van der Waals surface area (Å²) in [6.07, 6.45) is 4.18. The average molecular weight is 1270 g/mol. The van der Waals surface area contributed by atoms with Gasteiger partial charge in [0.1, 0.15) is 21.2 Å². The van der Waals surface area contributed by atoms with E-state index in [0.717, 1.165) is 61.9 Å². The minimum absolute atomic E-state index is 0.00195. The van der Waals surface area contributed by atoms with Crippen molar-refractivity contribution in [3.63, 3.8) is 0 Å². The number of thiophene rings is 2. The molecule has 0 saturated heterocycles. The summed E-state index contributed by atoms with van der Waals surface area (Å²) in [5.74, 6) is 1.08. The zero-order chi connectivity index (χ0) is 31.8. The zero-order valence-electron chi connectivity index (χ0n) is 23.0. The number of hydrogen-bond donors (Lipinski definition) is 2. The summed E-state index contributed by atoms with van der Waals surface area (Å²) in [6, 6.07) is 15.6. The molecule has 0 unspecified atom stereocenters. The number of hydrogen-bond acceptors (Lipinski definition) is 7. The molecule has 0 atom stereocenters. The van der Waals surface area contributed by atoms with Crippen LogP contribution >= 0.6 is 123 Å². The number of amides is 1. The number of halogens is 5. The first-order valence-electron chi connectivity index (χ1n) is 13.3. The molecule has 1 amide bonds. The van der Waals surface area contributed by atoms with Crippen LogP contribution in [0.2, 0.25) is 0 Å². The van der Waals surface area contributed by atoms with Crippen LogP contribution in [0.15, 0.2) is 53.3 Å². The molecule has 7 nitrogen and oxygen atoms in total. The molecule has 0 aliphatic heterocycles. The molecule has 2 aromatic carbocycles. The van der Waals surface area contributed by atoms with Gasteiger partial charge >= 0.3 is 120 Å². The summed E-state index contributed by atoms with van der Waals surface area (Å²) in [6.45, 7) is 2.09. The number of esters is 1. The van der Waals surface area contributed by atoms with Gasteiger partial charge in [0.25, 0.3) is 5.56 Å². The average Bonchev–Trinajstić information content (AvgIpc) is 3.91. The van der Waals surface area contributed by atoms with Gasteiger partial charge < -0.3 is 15.0 Å². The number of rotatable bonds is 5. The van der Waals surface area contributed by atoms with Crippen molar-refractivity contribution in [2.75, 3.05) is 11.9 Å². The minimum atomic E-state index is -0.379. The van der Waals surface area contributed by atoms with E-state index >= 15 is 0 Å². The van der Waals surface area contributed by atoms with Crippen molar-refractivity contribution in [1.82, 2.24) is 9.97 Å². The van der Waals surface area contributed by atoms with Gasteiger partial charge in [-0.3, -0.25) is 9.59 Å². The predicted octanol–water partition coefficient (Wildman–Crippen LogP) is 10.9. The van der Waals surface area contributed by atoms with Crippen molar-refractivity contribution in [2.45, 2.75) is 38.5 Å². The topological polar surface area (TPSA) is 101 Å². The van der Waals surface area contributed by atoms with Gasteiger partial charge in [0.05, 0.1) is 12.0 Å². The molecule has 0 radical (unpaired) electrons. The van der Waals surface area contributed by atoms with Gasteiger partial charge in [-0.15, -0.1) is 22.7 Å². The van der Waals surface area contributed by atoms with Gasteiger partial charge in [0.2, 0.25) is 5.91 Å². The van der Waals surface area contributed by atoms with Crippen LogP contribution in [0.4, 0.5) is 5.00 Å². The Bertz CT molecular complexity index is 1810. The summed E-state index contributed by atoms with van der Waals surface area (Å²) in [5, 5.41) is 6.08. The van der Waals surface area contributed by atoms with E-state index in [1.165, 1.54) is 11.3 Å². The van der Waals surface area contributed by atoms with Gasteiger partial charge in [-0.25, -0.2) is 9.78 Å². The third kappa shape index (κ3) is 10.9. The summed E-state index contributed by atoms with van der Waals surface area (Å²) >= 11 is 15.1. The van der Waals surface area contributed by atoms with Crippen LogP contribution < -0.4 is 10.9 Å². The quantitative estimate of drug-likeness (QED) is 0.135. The maximum absolute atomic E-state index is 12.1. The second-order valence-electron chi connectivity index (χ2n) is 9.55. The number of aromatic amines is 1. The fourth-order valence-corrected chi connectivity index (χ4v) is 6.47. The molecule has 16 heteroatoms. The van der Waals surface area contributed by atoms with Crippen molar-refractivity contribution in [3.8, 4) is 0 Å². The van der Waals surface area contributed by atoms with E-state index in [-0.39, 0.29) is 28.3 Å². The van der Waals surface area contributed by atoms with Crippen LogP contribution in [-0.4, -0.2) is 28.5 Å². The monoisotopic (exact) mass is 1270 g/mol. The molecule has 233 valence electrons. The van der Waals surface area contributed by atoms with Crippen LogP contribution in [0.1, 0.15) is 54.7 Å². The van der Waals surface area contributed by atoms with Gasteiger partial charge in [0.15, 0.2) is 0 Å². The van der Waals surface area contributed by atoms with E-state index in [4.69, 9.17) is 4.74 Å². The van der Waals surface area contributed by atoms with Crippen LogP contribution in [0.5, 0.6) is 0 Å². The fraction of sp³-hybridized carbons (Fsp3) is 0.286. The van der Waals surface area contributed by atoms with Crippen LogP contribution in [0.3, 0.4) is 0 Å². The van der Waals surface area contributed by atoms with Gasteiger partial charge in [0, 0.05) is 32.0 Å². The van der Waals surface area contributed by atoms with E-state index in [0.29, 0.717) is 32.6 Å². The third-order valence-electron chi connectivity index (χ3n) is 6.49. The first-order chi connectivity index (χ1) is 21.2. The van der Waals surface area contributed by atoms with Crippen LogP contribution in [0.25, 0.3) is 30.4 Å². The number of aromatic nitrogens is 2. The molecule has 5 aromatic rings. The van der Waals surface area contributed by atoms with Gasteiger partial charge in [-0.1, -0.05) is 36.4 Å². The van der Waals surface area contributed by atoms with Crippen LogP contribution in [0, 0.1) is 5.92 Å². The van der Waals surface area contributed by atoms with Crippen molar-refractivity contribution >= 4 is 170 Å². The van der Waals surface area contributed by atoms with E-state index in [1.54, 1.807) is 18.3 Å². The molecular formula is C28H25I5N3O4S2V2. The first-order valence-corrected chi connectivity index (χ1v) is 37.4. The zero-order valence-corrected chi connectivity index (χ0v) is 38.2. The molecular weight excluding hydrogens is 1240 g/mol. The summed E-state index contributed by atoms with van der Waals surface area (Å²) < 4.78 is 7.22. The maximum atomic E-state index is 12.1. The Kier molecular flexibility index (Phi) is 16.3. The predicted molar refractivity (Wildman–Crippen MR) is 219 cm³/mol. The van der Waals surface area contributed by atoms with E-state index in [1.807, 2.05) is 48.5 Å². The Balaban J connectivity index is 0.000000167. The van der Waals surface area contributed by atoms with E-state index in [9.17, 15) is 14.4 Å². The van der Waals surface area contributed by atoms with Crippen molar-refractivity contribution in [3.05, 3.63) is 70.3 Å². The molecule has 2 N–H and O–H groups in total. The van der Waals surface area contributed by atoms with Gasteiger partial charge in [-0.2, -0.15) is 0 Å². The number of carbonyl (C=O) groups excluding carboxylic acids is 2. The number of nitrogens with zero attached hydrogens (tertiary/aromatic N) is 1. The number of ether oxygens (including phenoxy) is 1. The Labute approximate surface area is 329 Å². The molecule has 2 aliphatic rings. The standard InChI is InChI=1S/C15H15NO3S.C13H10N2OS.5HI.2V/c1-2-19-15(18)12-10-5-3-4-6-11(10)20-14(12)16-13(17)9-7-8-9;16-12-10-8-3-1-2-4-9(8)17-13(10)15-11(14-12)7-5-6-7;;;;;;;/h3-6,9H,2,7-8H2,1H3,(H,16,17);1-4,7H,5-6H2,(H,14,15,16);5*1H;;/q;;;;;;;+2;+3/p-5. The number of fused-ring (bicyclic) bond motifs is 4. The Morgan fingerprint density at radius 2 is 1.57 bits per heavy atom. The third-order valence-corrected chi connectivity index (χ3v) is 8.64. The molecule has 7 rings (SSSR count). The summed E-state index contributed by atoms with van der Waals surface area (Å²) in [4.78, 5) is 44.3. The number of benzene rings is 2.